The van der Waals surface area contributed by atoms with Crippen molar-refractivity contribution in [3.05, 3.63) is 69.7 Å². The van der Waals surface area contributed by atoms with Crippen LogP contribution in [0.25, 0.3) is 0 Å². The molecule has 4 heteroatoms. The van der Waals surface area contributed by atoms with Crippen LogP contribution in [0.1, 0.15) is 11.1 Å². The smallest absolute Gasteiger partial charge is 0.152 e. The topological polar surface area (TPSA) is 26.0 Å². The predicted octanol–water partition coefficient (Wildman–Crippen LogP) is 4.36. The second kappa shape index (κ2) is 5.91. The van der Waals surface area contributed by atoms with Crippen LogP contribution in [0.15, 0.2) is 48.5 Å². The maximum Gasteiger partial charge on any atom is 0.152 e. The van der Waals surface area contributed by atoms with Crippen LogP contribution < -0.4 is 5.73 Å². The minimum absolute atomic E-state index is 0.104. The summed E-state index contributed by atoms with van der Waals surface area (Å²) in [5.41, 5.74) is 5.19. The SMILES string of the molecule is NCC(F)(Cc1cccc(Cl)c1Cl)c1ccccc1. The first kappa shape index (κ1) is 14.3. The highest BCUT2D eigenvalue weighted by Gasteiger charge is 2.31. The van der Waals surface area contributed by atoms with E-state index in [9.17, 15) is 0 Å². The summed E-state index contributed by atoms with van der Waals surface area (Å²) in [4.78, 5) is 0. The molecule has 0 bridgehead atoms. The van der Waals surface area contributed by atoms with Crippen LogP contribution in [0.5, 0.6) is 0 Å². The van der Waals surface area contributed by atoms with Gasteiger partial charge in [0.1, 0.15) is 0 Å². The first-order valence-corrected chi connectivity index (χ1v) is 6.70. The number of benzene rings is 2. The van der Waals surface area contributed by atoms with E-state index in [0.717, 1.165) is 0 Å². The minimum Gasteiger partial charge on any atom is -0.327 e. The normalized spacial score (nSPS) is 14.1. The molecule has 0 amide bonds. The molecule has 1 atom stereocenters. The Morgan fingerprint density at radius 3 is 2.32 bits per heavy atom. The highest BCUT2D eigenvalue weighted by Crippen LogP contribution is 2.34. The van der Waals surface area contributed by atoms with Gasteiger partial charge in [-0.05, 0) is 17.2 Å². The van der Waals surface area contributed by atoms with Crippen molar-refractivity contribution in [3.8, 4) is 0 Å². The quantitative estimate of drug-likeness (QED) is 0.891. The highest BCUT2D eigenvalue weighted by atomic mass is 35.5. The first-order valence-electron chi connectivity index (χ1n) is 5.94. The van der Waals surface area contributed by atoms with Gasteiger partial charge in [0, 0.05) is 13.0 Å². The van der Waals surface area contributed by atoms with Gasteiger partial charge < -0.3 is 5.73 Å². The minimum atomic E-state index is -1.64. The molecule has 0 aliphatic heterocycles. The highest BCUT2D eigenvalue weighted by molar-refractivity contribution is 6.42. The van der Waals surface area contributed by atoms with E-state index >= 15 is 4.39 Å². The third kappa shape index (κ3) is 3.08. The Hall–Kier alpha value is -1.09. The zero-order valence-electron chi connectivity index (χ0n) is 10.2. The molecule has 19 heavy (non-hydrogen) atoms. The number of hydrogen-bond donors (Lipinski definition) is 1. The van der Waals surface area contributed by atoms with Gasteiger partial charge in [-0.25, -0.2) is 4.39 Å². The van der Waals surface area contributed by atoms with Crippen LogP contribution in [0.2, 0.25) is 10.0 Å². The molecule has 2 aromatic carbocycles. The van der Waals surface area contributed by atoms with Crippen LogP contribution in [-0.2, 0) is 12.1 Å². The van der Waals surface area contributed by atoms with E-state index in [1.165, 1.54) is 0 Å². The van der Waals surface area contributed by atoms with E-state index < -0.39 is 5.67 Å². The lowest BCUT2D eigenvalue weighted by molar-refractivity contribution is 0.175. The summed E-state index contributed by atoms with van der Waals surface area (Å²) in [6.45, 7) is -0.111. The molecule has 1 nitrogen and oxygen atoms in total. The van der Waals surface area contributed by atoms with Gasteiger partial charge in [-0.15, -0.1) is 0 Å². The summed E-state index contributed by atoms with van der Waals surface area (Å²) in [5.74, 6) is 0. The zero-order valence-corrected chi connectivity index (χ0v) is 11.8. The molecule has 100 valence electrons. The monoisotopic (exact) mass is 297 g/mol. The summed E-state index contributed by atoms with van der Waals surface area (Å²) in [6.07, 6.45) is 0.104. The van der Waals surface area contributed by atoms with Crippen molar-refractivity contribution in [1.82, 2.24) is 0 Å². The molecule has 0 aromatic heterocycles. The third-order valence-corrected chi connectivity index (χ3v) is 3.97. The Bertz CT molecular complexity index is 559. The van der Waals surface area contributed by atoms with Gasteiger partial charge in [0.2, 0.25) is 0 Å². The van der Waals surface area contributed by atoms with E-state index in [-0.39, 0.29) is 13.0 Å². The van der Waals surface area contributed by atoms with Crippen molar-refractivity contribution < 1.29 is 4.39 Å². The number of alkyl halides is 1. The molecule has 0 saturated carbocycles. The molecular formula is C15H14Cl2FN. The fourth-order valence-electron chi connectivity index (χ4n) is 2.02. The van der Waals surface area contributed by atoms with Crippen LogP contribution in [-0.4, -0.2) is 6.54 Å². The number of hydrogen-bond acceptors (Lipinski definition) is 1. The Balaban J connectivity index is 2.36. The maximum absolute atomic E-state index is 15.0. The van der Waals surface area contributed by atoms with Crippen molar-refractivity contribution in [2.75, 3.05) is 6.54 Å². The van der Waals surface area contributed by atoms with Crippen LogP contribution in [0.4, 0.5) is 4.39 Å². The Morgan fingerprint density at radius 2 is 1.68 bits per heavy atom. The molecule has 0 aliphatic rings. The predicted molar refractivity (Wildman–Crippen MR) is 78.4 cm³/mol. The standard InChI is InChI=1S/C15H14Cl2FN/c16-13-8-4-5-11(14(13)17)9-15(18,10-19)12-6-2-1-3-7-12/h1-8H,9-10,19H2. The second-order valence-electron chi connectivity index (χ2n) is 4.43. The Morgan fingerprint density at radius 1 is 1.00 bits per heavy atom. The summed E-state index contributed by atoms with van der Waals surface area (Å²) >= 11 is 12.1. The van der Waals surface area contributed by atoms with E-state index in [1.807, 2.05) is 6.07 Å². The second-order valence-corrected chi connectivity index (χ2v) is 5.21. The Labute approximate surface area is 122 Å². The molecule has 0 heterocycles. The Kier molecular flexibility index (Phi) is 4.46. The van der Waals surface area contributed by atoms with E-state index in [0.29, 0.717) is 21.2 Å². The number of rotatable bonds is 4. The number of nitrogens with two attached hydrogens (primary N) is 1. The molecule has 2 aromatic rings. The van der Waals surface area contributed by atoms with Gasteiger partial charge in [-0.2, -0.15) is 0 Å². The lowest BCUT2D eigenvalue weighted by Crippen LogP contribution is -2.32. The van der Waals surface area contributed by atoms with E-state index in [4.69, 9.17) is 28.9 Å². The van der Waals surface area contributed by atoms with E-state index in [2.05, 4.69) is 0 Å². The maximum atomic E-state index is 15.0. The average molecular weight is 298 g/mol. The molecule has 0 saturated heterocycles. The van der Waals surface area contributed by atoms with Crippen molar-refractivity contribution in [3.63, 3.8) is 0 Å². The lowest BCUT2D eigenvalue weighted by atomic mass is 9.89. The molecule has 2 N–H and O–H groups in total. The van der Waals surface area contributed by atoms with Crippen molar-refractivity contribution in [2.45, 2.75) is 12.1 Å². The molecule has 0 radical (unpaired) electrons. The molecule has 0 fully saturated rings. The van der Waals surface area contributed by atoms with E-state index in [1.54, 1.807) is 42.5 Å². The largest absolute Gasteiger partial charge is 0.327 e. The third-order valence-electron chi connectivity index (χ3n) is 3.12. The van der Waals surface area contributed by atoms with Crippen LogP contribution >= 0.6 is 23.2 Å². The van der Waals surface area contributed by atoms with Gasteiger partial charge in [-0.3, -0.25) is 0 Å². The molecule has 1 unspecified atom stereocenters. The van der Waals surface area contributed by atoms with Gasteiger partial charge in [0.15, 0.2) is 5.67 Å². The summed E-state index contributed by atoms with van der Waals surface area (Å²) in [5, 5.41) is 0.808. The van der Waals surface area contributed by atoms with Crippen LogP contribution in [0.3, 0.4) is 0 Å². The first-order chi connectivity index (χ1) is 9.07. The molecule has 0 aliphatic carbocycles. The van der Waals surface area contributed by atoms with Crippen molar-refractivity contribution in [2.24, 2.45) is 5.73 Å². The zero-order chi connectivity index (χ0) is 13.9. The fourth-order valence-corrected chi connectivity index (χ4v) is 2.40. The summed E-state index contributed by atoms with van der Waals surface area (Å²) < 4.78 is 15.0. The average Bonchev–Trinajstić information content (AvgIpc) is 2.45. The van der Waals surface area contributed by atoms with Gasteiger partial charge in [0.25, 0.3) is 0 Å². The molecule has 2 rings (SSSR count). The van der Waals surface area contributed by atoms with Gasteiger partial charge >= 0.3 is 0 Å². The summed E-state index contributed by atoms with van der Waals surface area (Å²) in [7, 11) is 0. The van der Waals surface area contributed by atoms with Crippen molar-refractivity contribution in [1.29, 1.82) is 0 Å². The number of halogens is 3. The fraction of sp³-hybridized carbons (Fsp3) is 0.200. The van der Waals surface area contributed by atoms with Gasteiger partial charge in [0.05, 0.1) is 10.0 Å². The van der Waals surface area contributed by atoms with Gasteiger partial charge in [-0.1, -0.05) is 65.7 Å². The van der Waals surface area contributed by atoms with Crippen molar-refractivity contribution >= 4 is 23.2 Å². The lowest BCUT2D eigenvalue weighted by Gasteiger charge is -2.25. The van der Waals surface area contributed by atoms with Crippen LogP contribution in [0, 0.1) is 0 Å². The molecular weight excluding hydrogens is 284 g/mol. The summed E-state index contributed by atoms with van der Waals surface area (Å²) in [6, 6.07) is 14.1. The molecule has 0 spiro atoms.